The summed E-state index contributed by atoms with van der Waals surface area (Å²) in [5.74, 6) is 2.99. The lowest BCUT2D eigenvalue weighted by molar-refractivity contribution is 0.324. The zero-order valence-electron chi connectivity index (χ0n) is 10.7. The van der Waals surface area contributed by atoms with Gasteiger partial charge in [-0.2, -0.15) is 0 Å². The van der Waals surface area contributed by atoms with E-state index in [0.717, 1.165) is 11.8 Å². The quantitative estimate of drug-likeness (QED) is 0.797. The third-order valence-electron chi connectivity index (χ3n) is 3.41. The van der Waals surface area contributed by atoms with Gasteiger partial charge in [0.2, 0.25) is 0 Å². The third kappa shape index (κ3) is 4.72. The van der Waals surface area contributed by atoms with Gasteiger partial charge in [0.15, 0.2) is 0 Å². The maximum absolute atomic E-state index is 3.51. The molecule has 2 atom stereocenters. The first-order chi connectivity index (χ1) is 8.34. The summed E-state index contributed by atoms with van der Waals surface area (Å²) in [6.07, 6.45) is 4.17. The van der Waals surface area contributed by atoms with Crippen molar-refractivity contribution in [1.82, 2.24) is 5.32 Å². The predicted molar refractivity (Wildman–Crippen MR) is 76.5 cm³/mol. The third-order valence-corrected chi connectivity index (χ3v) is 4.75. The van der Waals surface area contributed by atoms with Gasteiger partial charge < -0.3 is 5.32 Å². The Morgan fingerprint density at radius 3 is 2.88 bits per heavy atom. The van der Waals surface area contributed by atoms with Gasteiger partial charge >= 0.3 is 0 Å². The Morgan fingerprint density at radius 2 is 2.18 bits per heavy atom. The van der Waals surface area contributed by atoms with Crippen LogP contribution in [0.15, 0.2) is 35.2 Å². The standard InChI is InChI=1S/C15H23NS/c1-13(10-14-6-5-9-16-11-14)12-17-15-7-3-2-4-8-15/h2-4,7-8,13-14,16H,5-6,9-12H2,1H3. The monoisotopic (exact) mass is 249 g/mol. The first-order valence-corrected chi connectivity index (χ1v) is 7.71. The normalized spacial score (nSPS) is 22.3. The molecule has 0 radical (unpaired) electrons. The molecule has 1 aliphatic heterocycles. The van der Waals surface area contributed by atoms with Crippen LogP contribution >= 0.6 is 11.8 Å². The van der Waals surface area contributed by atoms with Gasteiger partial charge in [0.1, 0.15) is 0 Å². The molecule has 1 aromatic carbocycles. The number of nitrogens with one attached hydrogen (secondary N) is 1. The molecule has 1 N–H and O–H groups in total. The van der Waals surface area contributed by atoms with Crippen LogP contribution < -0.4 is 5.32 Å². The maximum atomic E-state index is 3.51. The van der Waals surface area contributed by atoms with E-state index in [9.17, 15) is 0 Å². The topological polar surface area (TPSA) is 12.0 Å². The molecule has 1 saturated heterocycles. The number of hydrogen-bond donors (Lipinski definition) is 1. The van der Waals surface area contributed by atoms with Crippen LogP contribution in [0.1, 0.15) is 26.2 Å². The lowest BCUT2D eigenvalue weighted by Gasteiger charge is -2.25. The summed E-state index contributed by atoms with van der Waals surface area (Å²) in [5, 5.41) is 3.51. The van der Waals surface area contributed by atoms with E-state index in [0.29, 0.717) is 0 Å². The van der Waals surface area contributed by atoms with Crippen LogP contribution in [0.4, 0.5) is 0 Å². The second kappa shape index (κ2) is 7.07. The summed E-state index contributed by atoms with van der Waals surface area (Å²) in [7, 11) is 0. The first kappa shape index (κ1) is 13.0. The van der Waals surface area contributed by atoms with Gasteiger partial charge in [0.25, 0.3) is 0 Å². The van der Waals surface area contributed by atoms with E-state index in [1.165, 1.54) is 43.0 Å². The van der Waals surface area contributed by atoms with Gasteiger partial charge in [-0.25, -0.2) is 0 Å². The highest BCUT2D eigenvalue weighted by atomic mass is 32.2. The molecule has 0 saturated carbocycles. The average molecular weight is 249 g/mol. The van der Waals surface area contributed by atoms with Crippen molar-refractivity contribution in [3.8, 4) is 0 Å². The van der Waals surface area contributed by atoms with Crippen molar-refractivity contribution in [1.29, 1.82) is 0 Å². The summed E-state index contributed by atoms with van der Waals surface area (Å²) < 4.78 is 0. The molecule has 2 rings (SSSR count). The van der Waals surface area contributed by atoms with E-state index in [-0.39, 0.29) is 0 Å². The molecule has 0 aliphatic carbocycles. The molecule has 1 aliphatic rings. The molecular formula is C15H23NS. The van der Waals surface area contributed by atoms with E-state index < -0.39 is 0 Å². The second-order valence-corrected chi connectivity index (χ2v) is 6.27. The smallest absolute Gasteiger partial charge is 0.00720 e. The Morgan fingerprint density at radius 1 is 1.35 bits per heavy atom. The summed E-state index contributed by atoms with van der Waals surface area (Å²) in [6, 6.07) is 10.7. The highest BCUT2D eigenvalue weighted by Crippen LogP contribution is 2.25. The van der Waals surface area contributed by atoms with Gasteiger partial charge in [-0.05, 0) is 56.3 Å². The lowest BCUT2D eigenvalue weighted by atomic mass is 9.91. The van der Waals surface area contributed by atoms with Crippen LogP contribution in [0.2, 0.25) is 0 Å². The molecule has 2 unspecified atom stereocenters. The second-order valence-electron chi connectivity index (χ2n) is 5.18. The molecule has 0 aromatic heterocycles. The highest BCUT2D eigenvalue weighted by Gasteiger charge is 2.16. The molecule has 0 bridgehead atoms. The van der Waals surface area contributed by atoms with Crippen LogP contribution in [0, 0.1) is 11.8 Å². The van der Waals surface area contributed by atoms with E-state index in [1.54, 1.807) is 0 Å². The Balaban J connectivity index is 1.68. The Kier molecular flexibility index (Phi) is 5.40. The fourth-order valence-electron chi connectivity index (χ4n) is 2.52. The van der Waals surface area contributed by atoms with Crippen LogP contribution in [-0.4, -0.2) is 18.8 Å². The van der Waals surface area contributed by atoms with Gasteiger partial charge in [-0.1, -0.05) is 25.1 Å². The van der Waals surface area contributed by atoms with E-state index >= 15 is 0 Å². The summed E-state index contributed by atoms with van der Waals surface area (Å²) in [4.78, 5) is 1.40. The van der Waals surface area contributed by atoms with Crippen molar-refractivity contribution in [3.63, 3.8) is 0 Å². The average Bonchev–Trinajstić information content (AvgIpc) is 2.39. The minimum Gasteiger partial charge on any atom is -0.316 e. The Labute approximate surface area is 109 Å². The van der Waals surface area contributed by atoms with E-state index in [2.05, 4.69) is 42.6 Å². The van der Waals surface area contributed by atoms with Crippen molar-refractivity contribution in [2.75, 3.05) is 18.8 Å². The van der Waals surface area contributed by atoms with Gasteiger partial charge in [-0.15, -0.1) is 11.8 Å². The largest absolute Gasteiger partial charge is 0.316 e. The van der Waals surface area contributed by atoms with Crippen molar-refractivity contribution >= 4 is 11.8 Å². The minimum atomic E-state index is 0.824. The van der Waals surface area contributed by atoms with Gasteiger partial charge in [0.05, 0.1) is 0 Å². The molecule has 1 fully saturated rings. The van der Waals surface area contributed by atoms with Crippen molar-refractivity contribution < 1.29 is 0 Å². The van der Waals surface area contributed by atoms with E-state index in [4.69, 9.17) is 0 Å². The fourth-order valence-corrected chi connectivity index (χ4v) is 3.48. The van der Waals surface area contributed by atoms with Crippen molar-refractivity contribution in [2.45, 2.75) is 31.1 Å². The molecule has 2 heteroatoms. The molecular weight excluding hydrogens is 226 g/mol. The first-order valence-electron chi connectivity index (χ1n) is 6.73. The van der Waals surface area contributed by atoms with Crippen molar-refractivity contribution in [2.24, 2.45) is 11.8 Å². The van der Waals surface area contributed by atoms with Gasteiger partial charge in [-0.3, -0.25) is 0 Å². The Hall–Kier alpha value is -0.470. The van der Waals surface area contributed by atoms with E-state index in [1.807, 2.05) is 11.8 Å². The summed E-state index contributed by atoms with van der Waals surface area (Å²) in [5.41, 5.74) is 0. The number of piperidine rings is 1. The van der Waals surface area contributed by atoms with Crippen LogP contribution in [0.25, 0.3) is 0 Å². The fraction of sp³-hybridized carbons (Fsp3) is 0.600. The van der Waals surface area contributed by atoms with Gasteiger partial charge in [0, 0.05) is 10.6 Å². The van der Waals surface area contributed by atoms with Crippen LogP contribution in [-0.2, 0) is 0 Å². The molecule has 0 spiro atoms. The zero-order chi connectivity index (χ0) is 11.9. The predicted octanol–water partition coefficient (Wildman–Crippen LogP) is 3.80. The lowest BCUT2D eigenvalue weighted by Crippen LogP contribution is -2.30. The van der Waals surface area contributed by atoms with Crippen LogP contribution in [0.3, 0.4) is 0 Å². The molecule has 17 heavy (non-hydrogen) atoms. The number of thioether (sulfide) groups is 1. The molecule has 1 heterocycles. The molecule has 1 aromatic rings. The molecule has 94 valence electrons. The summed E-state index contributed by atoms with van der Waals surface area (Å²) >= 11 is 2.00. The van der Waals surface area contributed by atoms with Crippen LogP contribution in [0.5, 0.6) is 0 Å². The number of hydrogen-bond acceptors (Lipinski definition) is 2. The zero-order valence-corrected chi connectivity index (χ0v) is 11.5. The number of rotatable bonds is 5. The summed E-state index contributed by atoms with van der Waals surface area (Å²) in [6.45, 7) is 4.86. The maximum Gasteiger partial charge on any atom is 0.00720 e. The highest BCUT2D eigenvalue weighted by molar-refractivity contribution is 7.99. The Bertz CT molecular complexity index is 306. The number of benzene rings is 1. The minimum absolute atomic E-state index is 0.824. The van der Waals surface area contributed by atoms with Crippen molar-refractivity contribution in [3.05, 3.63) is 30.3 Å². The SMILES string of the molecule is CC(CSc1ccccc1)CC1CCCNC1. The molecule has 1 nitrogen and oxygen atoms in total. The molecule has 0 amide bonds.